The molecule has 0 atom stereocenters. The van der Waals surface area contributed by atoms with Crippen molar-refractivity contribution in [3.8, 4) is 0 Å². The fraction of sp³-hybridized carbons (Fsp3) is 0.381. The number of piperidine rings is 1. The van der Waals surface area contributed by atoms with Gasteiger partial charge in [-0.1, -0.05) is 18.2 Å². The Balaban J connectivity index is 1.38. The predicted octanol–water partition coefficient (Wildman–Crippen LogP) is 2.98. The molecular formula is C21H25N5O. The van der Waals surface area contributed by atoms with Crippen LogP contribution in [0.15, 0.2) is 48.7 Å². The summed E-state index contributed by atoms with van der Waals surface area (Å²) in [6, 6.07) is 14.0. The van der Waals surface area contributed by atoms with Gasteiger partial charge in [0.25, 0.3) is 0 Å². The molecule has 1 aliphatic rings. The van der Waals surface area contributed by atoms with Gasteiger partial charge in [0, 0.05) is 31.7 Å². The topological polar surface area (TPSA) is 63.1 Å². The van der Waals surface area contributed by atoms with E-state index in [4.69, 9.17) is 4.98 Å². The Kier molecular flexibility index (Phi) is 5.05. The van der Waals surface area contributed by atoms with E-state index in [1.54, 1.807) is 6.20 Å². The normalized spacial score (nSPS) is 15.2. The maximum Gasteiger partial charge on any atom is 0.223 e. The van der Waals surface area contributed by atoms with Crippen LogP contribution in [0.4, 0.5) is 5.95 Å². The quantitative estimate of drug-likeness (QED) is 0.757. The number of pyridine rings is 1. The predicted molar refractivity (Wildman–Crippen MR) is 106 cm³/mol. The number of nitrogens with zero attached hydrogens (tertiary/aromatic N) is 4. The summed E-state index contributed by atoms with van der Waals surface area (Å²) in [5.41, 5.74) is 3.09. The summed E-state index contributed by atoms with van der Waals surface area (Å²) in [4.78, 5) is 23.9. The van der Waals surface area contributed by atoms with Gasteiger partial charge >= 0.3 is 0 Å². The number of aromatic nitrogens is 3. The van der Waals surface area contributed by atoms with E-state index in [9.17, 15) is 4.79 Å². The van der Waals surface area contributed by atoms with Gasteiger partial charge in [-0.2, -0.15) is 0 Å². The van der Waals surface area contributed by atoms with Crippen molar-refractivity contribution in [2.45, 2.75) is 32.9 Å². The molecule has 1 saturated heterocycles. The molecule has 3 aromatic rings. The number of anilines is 1. The van der Waals surface area contributed by atoms with Gasteiger partial charge in [-0.25, -0.2) is 4.98 Å². The third-order valence-electron chi connectivity index (χ3n) is 5.27. The molecule has 1 aromatic carbocycles. The van der Waals surface area contributed by atoms with Gasteiger partial charge in [0.2, 0.25) is 11.9 Å². The standard InChI is InChI=1S/C21H25N5O/c1-2-26-19-9-4-3-8-18(19)24-21(26)25-13-10-16(11-14-25)20(27)23-15-17-7-5-6-12-22-17/h3-9,12,16H,2,10-11,13-15H2,1H3,(H,23,27). The Morgan fingerprint density at radius 2 is 1.93 bits per heavy atom. The summed E-state index contributed by atoms with van der Waals surface area (Å²) in [5, 5.41) is 3.03. The summed E-state index contributed by atoms with van der Waals surface area (Å²) in [5.74, 6) is 1.21. The number of carbonyl (C=O) groups excluding carboxylic acids is 1. The summed E-state index contributed by atoms with van der Waals surface area (Å²) >= 11 is 0. The van der Waals surface area contributed by atoms with Crippen LogP contribution in [0.1, 0.15) is 25.5 Å². The number of imidazole rings is 1. The van der Waals surface area contributed by atoms with Crippen LogP contribution in [0.3, 0.4) is 0 Å². The van der Waals surface area contributed by atoms with Crippen LogP contribution in [0.5, 0.6) is 0 Å². The number of aryl methyl sites for hydroxylation is 1. The molecule has 27 heavy (non-hydrogen) atoms. The van der Waals surface area contributed by atoms with Crippen molar-refractivity contribution in [1.82, 2.24) is 19.9 Å². The first-order chi connectivity index (χ1) is 13.3. The van der Waals surface area contributed by atoms with E-state index < -0.39 is 0 Å². The van der Waals surface area contributed by atoms with E-state index in [1.807, 2.05) is 24.3 Å². The molecular weight excluding hydrogens is 338 g/mol. The summed E-state index contributed by atoms with van der Waals surface area (Å²) in [6.45, 7) is 5.23. The second kappa shape index (κ2) is 7.78. The van der Waals surface area contributed by atoms with E-state index in [2.05, 4.69) is 44.9 Å². The van der Waals surface area contributed by atoms with Crippen molar-refractivity contribution in [1.29, 1.82) is 0 Å². The van der Waals surface area contributed by atoms with Gasteiger partial charge in [0.15, 0.2) is 0 Å². The lowest BCUT2D eigenvalue weighted by Gasteiger charge is -2.32. The number of rotatable bonds is 5. The number of carbonyl (C=O) groups is 1. The van der Waals surface area contributed by atoms with Crippen molar-refractivity contribution in [3.63, 3.8) is 0 Å². The van der Waals surface area contributed by atoms with Gasteiger partial charge in [-0.3, -0.25) is 9.78 Å². The van der Waals surface area contributed by atoms with Crippen molar-refractivity contribution in [2.24, 2.45) is 5.92 Å². The van der Waals surface area contributed by atoms with Gasteiger partial charge in [-0.15, -0.1) is 0 Å². The fourth-order valence-electron chi connectivity index (χ4n) is 3.78. The van der Waals surface area contributed by atoms with Gasteiger partial charge in [-0.05, 0) is 44.0 Å². The molecule has 0 aliphatic carbocycles. The highest BCUT2D eigenvalue weighted by Gasteiger charge is 2.27. The lowest BCUT2D eigenvalue weighted by atomic mass is 9.96. The fourth-order valence-corrected chi connectivity index (χ4v) is 3.78. The number of amides is 1. The van der Waals surface area contributed by atoms with E-state index in [0.717, 1.165) is 49.6 Å². The molecule has 1 N–H and O–H groups in total. The second-order valence-corrected chi connectivity index (χ2v) is 6.94. The minimum atomic E-state index is 0.0596. The molecule has 0 spiro atoms. The van der Waals surface area contributed by atoms with Crippen molar-refractivity contribution in [2.75, 3.05) is 18.0 Å². The molecule has 2 aromatic heterocycles. The lowest BCUT2D eigenvalue weighted by molar-refractivity contribution is -0.125. The lowest BCUT2D eigenvalue weighted by Crippen LogP contribution is -2.41. The van der Waals surface area contributed by atoms with Gasteiger partial charge < -0.3 is 14.8 Å². The molecule has 1 aliphatic heterocycles. The van der Waals surface area contributed by atoms with Crippen molar-refractivity contribution >= 4 is 22.9 Å². The van der Waals surface area contributed by atoms with Gasteiger partial charge in [0.1, 0.15) is 0 Å². The first-order valence-electron chi connectivity index (χ1n) is 9.64. The van der Waals surface area contributed by atoms with Crippen LogP contribution < -0.4 is 10.2 Å². The molecule has 140 valence electrons. The summed E-state index contributed by atoms with van der Waals surface area (Å²) < 4.78 is 2.26. The molecule has 0 radical (unpaired) electrons. The van der Waals surface area contributed by atoms with Crippen LogP contribution in [0, 0.1) is 5.92 Å². The first kappa shape index (κ1) is 17.5. The van der Waals surface area contributed by atoms with Crippen LogP contribution >= 0.6 is 0 Å². The zero-order chi connectivity index (χ0) is 18.6. The number of fused-ring (bicyclic) bond motifs is 1. The molecule has 1 amide bonds. The first-order valence-corrected chi connectivity index (χ1v) is 9.64. The summed E-state index contributed by atoms with van der Waals surface area (Å²) in [6.07, 6.45) is 3.45. The van der Waals surface area contributed by atoms with Crippen molar-refractivity contribution < 1.29 is 4.79 Å². The monoisotopic (exact) mass is 363 g/mol. The summed E-state index contributed by atoms with van der Waals surface area (Å²) in [7, 11) is 0. The third kappa shape index (κ3) is 3.65. The zero-order valence-electron chi connectivity index (χ0n) is 15.6. The molecule has 6 heteroatoms. The highest BCUT2D eigenvalue weighted by molar-refractivity contribution is 5.80. The third-order valence-corrected chi connectivity index (χ3v) is 5.27. The maximum absolute atomic E-state index is 12.5. The molecule has 0 unspecified atom stereocenters. The number of nitrogens with one attached hydrogen (secondary N) is 1. The van der Waals surface area contributed by atoms with E-state index in [0.29, 0.717) is 6.54 Å². The molecule has 4 rings (SSSR count). The minimum Gasteiger partial charge on any atom is -0.350 e. The Morgan fingerprint density at radius 1 is 1.15 bits per heavy atom. The average molecular weight is 363 g/mol. The Labute approximate surface area is 159 Å². The highest BCUT2D eigenvalue weighted by atomic mass is 16.1. The maximum atomic E-state index is 12.5. The molecule has 0 saturated carbocycles. The van der Waals surface area contributed by atoms with Crippen LogP contribution in [-0.4, -0.2) is 33.5 Å². The number of hydrogen-bond acceptors (Lipinski definition) is 4. The van der Waals surface area contributed by atoms with Crippen LogP contribution in [-0.2, 0) is 17.9 Å². The minimum absolute atomic E-state index is 0.0596. The zero-order valence-corrected chi connectivity index (χ0v) is 15.6. The number of para-hydroxylation sites is 2. The number of hydrogen-bond donors (Lipinski definition) is 1. The Morgan fingerprint density at radius 3 is 2.67 bits per heavy atom. The molecule has 6 nitrogen and oxygen atoms in total. The smallest absolute Gasteiger partial charge is 0.223 e. The van der Waals surface area contributed by atoms with Crippen LogP contribution in [0.25, 0.3) is 11.0 Å². The Bertz CT molecular complexity index is 913. The Hall–Kier alpha value is -2.89. The van der Waals surface area contributed by atoms with Crippen LogP contribution in [0.2, 0.25) is 0 Å². The average Bonchev–Trinajstić information content (AvgIpc) is 3.11. The molecule has 0 bridgehead atoms. The molecule has 1 fully saturated rings. The molecule has 3 heterocycles. The second-order valence-electron chi connectivity index (χ2n) is 6.94. The van der Waals surface area contributed by atoms with Crippen molar-refractivity contribution in [3.05, 3.63) is 54.4 Å². The van der Waals surface area contributed by atoms with E-state index in [1.165, 1.54) is 5.52 Å². The largest absolute Gasteiger partial charge is 0.350 e. The SMILES string of the molecule is CCn1c(N2CCC(C(=O)NCc3ccccn3)CC2)nc2ccccc21. The highest BCUT2D eigenvalue weighted by Crippen LogP contribution is 2.27. The van der Waals surface area contributed by atoms with Gasteiger partial charge in [0.05, 0.1) is 23.3 Å². The van der Waals surface area contributed by atoms with E-state index in [-0.39, 0.29) is 11.8 Å². The van der Waals surface area contributed by atoms with E-state index >= 15 is 0 Å². The number of benzene rings is 1.